The van der Waals surface area contributed by atoms with Gasteiger partial charge in [0.05, 0.1) is 0 Å². The topological polar surface area (TPSA) is 38.0 Å². The molecule has 0 spiro atoms. The maximum atomic E-state index is 5.73. The fourth-order valence-electron chi connectivity index (χ4n) is 2.33. The third-order valence-electron chi connectivity index (χ3n) is 3.49. The van der Waals surface area contributed by atoms with E-state index in [1.807, 2.05) is 0 Å². The second kappa shape index (κ2) is 6.49. The molecule has 1 fully saturated rings. The van der Waals surface area contributed by atoms with Crippen molar-refractivity contribution in [3.8, 4) is 0 Å². The Morgan fingerprint density at radius 3 is 2.47 bits per heavy atom. The van der Waals surface area contributed by atoms with E-state index in [1.165, 1.54) is 38.6 Å². The third kappa shape index (κ3) is 5.53. The average Bonchev–Trinajstić information content (AvgIpc) is 2.10. The van der Waals surface area contributed by atoms with Gasteiger partial charge in [0, 0.05) is 12.1 Å². The van der Waals surface area contributed by atoms with Crippen LogP contribution in [0.25, 0.3) is 0 Å². The van der Waals surface area contributed by atoms with Crippen LogP contribution in [-0.4, -0.2) is 18.6 Å². The minimum absolute atomic E-state index is 0.373. The van der Waals surface area contributed by atoms with E-state index in [0.29, 0.717) is 6.04 Å². The fraction of sp³-hybridized carbons (Fsp3) is 1.00. The lowest BCUT2D eigenvalue weighted by atomic mass is 9.81. The van der Waals surface area contributed by atoms with Gasteiger partial charge in [-0.1, -0.05) is 20.3 Å². The van der Waals surface area contributed by atoms with Crippen LogP contribution in [0.4, 0.5) is 0 Å². The Balaban J connectivity index is 1.92. The zero-order valence-corrected chi connectivity index (χ0v) is 10.6. The first-order valence-electron chi connectivity index (χ1n) is 6.57. The molecular formula is C13H28N2. The van der Waals surface area contributed by atoms with Crippen LogP contribution in [0.2, 0.25) is 0 Å². The lowest BCUT2D eigenvalue weighted by Gasteiger charge is -2.34. The molecule has 1 saturated carbocycles. The largest absolute Gasteiger partial charge is 0.328 e. The smallest absolute Gasteiger partial charge is 0.00722 e. The summed E-state index contributed by atoms with van der Waals surface area (Å²) in [6, 6.07) is 1.19. The minimum atomic E-state index is 0.373. The molecule has 0 aromatic heterocycles. The second-order valence-electron chi connectivity index (χ2n) is 5.70. The molecule has 90 valence electrons. The van der Waals surface area contributed by atoms with Gasteiger partial charge in [-0.25, -0.2) is 0 Å². The number of hydrogen-bond donors (Lipinski definition) is 2. The summed E-state index contributed by atoms with van der Waals surface area (Å²) in [6.45, 7) is 7.97. The van der Waals surface area contributed by atoms with Crippen molar-refractivity contribution >= 4 is 0 Å². The summed E-state index contributed by atoms with van der Waals surface area (Å²) < 4.78 is 0. The van der Waals surface area contributed by atoms with Crippen LogP contribution >= 0.6 is 0 Å². The molecule has 0 amide bonds. The lowest BCUT2D eigenvalue weighted by Crippen LogP contribution is -2.41. The van der Waals surface area contributed by atoms with Gasteiger partial charge in [-0.3, -0.25) is 0 Å². The first-order chi connectivity index (χ1) is 7.08. The number of nitrogens with one attached hydrogen (secondary N) is 1. The van der Waals surface area contributed by atoms with Crippen LogP contribution in [0.5, 0.6) is 0 Å². The van der Waals surface area contributed by atoms with Crippen LogP contribution in [-0.2, 0) is 0 Å². The van der Waals surface area contributed by atoms with Crippen LogP contribution in [0.1, 0.15) is 52.9 Å². The summed E-state index contributed by atoms with van der Waals surface area (Å²) in [5.41, 5.74) is 5.73. The van der Waals surface area contributed by atoms with Gasteiger partial charge in [-0.05, 0) is 51.0 Å². The Hall–Kier alpha value is -0.0800. The summed E-state index contributed by atoms with van der Waals surface area (Å²) >= 11 is 0. The minimum Gasteiger partial charge on any atom is -0.328 e. The summed E-state index contributed by atoms with van der Waals surface area (Å²) in [4.78, 5) is 0. The standard InChI is InChI=1S/C13H28N2/c1-10(5-4-6-12(3)14)9-15-13-7-11(2)8-13/h10-13,15H,4-9,14H2,1-3H3. The first-order valence-corrected chi connectivity index (χ1v) is 6.57. The van der Waals surface area contributed by atoms with E-state index in [-0.39, 0.29) is 0 Å². The van der Waals surface area contributed by atoms with Gasteiger partial charge in [0.15, 0.2) is 0 Å². The van der Waals surface area contributed by atoms with E-state index >= 15 is 0 Å². The molecule has 1 aliphatic carbocycles. The van der Waals surface area contributed by atoms with Crippen molar-refractivity contribution in [1.29, 1.82) is 0 Å². The van der Waals surface area contributed by atoms with E-state index in [2.05, 4.69) is 26.1 Å². The SMILES string of the molecule is CC(N)CCCC(C)CNC1CC(C)C1. The van der Waals surface area contributed by atoms with Crippen LogP contribution in [0.15, 0.2) is 0 Å². The second-order valence-corrected chi connectivity index (χ2v) is 5.70. The van der Waals surface area contributed by atoms with E-state index in [0.717, 1.165) is 17.9 Å². The first kappa shape index (κ1) is 13.0. The molecule has 1 aliphatic rings. The Morgan fingerprint density at radius 2 is 1.93 bits per heavy atom. The van der Waals surface area contributed by atoms with Crippen molar-refractivity contribution < 1.29 is 0 Å². The van der Waals surface area contributed by atoms with Gasteiger partial charge in [-0.2, -0.15) is 0 Å². The predicted molar refractivity (Wildman–Crippen MR) is 66.9 cm³/mol. The Labute approximate surface area is 95.0 Å². The van der Waals surface area contributed by atoms with Gasteiger partial charge in [0.1, 0.15) is 0 Å². The fourth-order valence-corrected chi connectivity index (χ4v) is 2.33. The molecule has 1 rings (SSSR count). The zero-order valence-electron chi connectivity index (χ0n) is 10.6. The summed E-state index contributed by atoms with van der Waals surface area (Å²) in [5, 5.41) is 3.66. The van der Waals surface area contributed by atoms with E-state index in [9.17, 15) is 0 Å². The third-order valence-corrected chi connectivity index (χ3v) is 3.49. The molecule has 3 N–H and O–H groups in total. The van der Waals surface area contributed by atoms with E-state index in [4.69, 9.17) is 5.73 Å². The predicted octanol–water partition coefficient (Wildman–Crippen LogP) is 2.53. The summed E-state index contributed by atoms with van der Waals surface area (Å²) in [6.07, 6.45) is 6.53. The molecule has 0 aliphatic heterocycles. The maximum Gasteiger partial charge on any atom is 0.00722 e. The van der Waals surface area contributed by atoms with Crippen molar-refractivity contribution in [2.24, 2.45) is 17.6 Å². The number of nitrogens with two attached hydrogens (primary N) is 1. The van der Waals surface area contributed by atoms with Crippen LogP contribution < -0.4 is 11.1 Å². The molecule has 0 radical (unpaired) electrons. The number of rotatable bonds is 7. The average molecular weight is 212 g/mol. The highest BCUT2D eigenvalue weighted by Gasteiger charge is 2.24. The highest BCUT2D eigenvalue weighted by Crippen LogP contribution is 2.26. The maximum absolute atomic E-state index is 5.73. The van der Waals surface area contributed by atoms with Crippen molar-refractivity contribution in [2.75, 3.05) is 6.54 Å². The van der Waals surface area contributed by atoms with Gasteiger partial charge < -0.3 is 11.1 Å². The van der Waals surface area contributed by atoms with Crippen molar-refractivity contribution in [1.82, 2.24) is 5.32 Å². The van der Waals surface area contributed by atoms with Gasteiger partial charge >= 0.3 is 0 Å². The van der Waals surface area contributed by atoms with Crippen LogP contribution in [0.3, 0.4) is 0 Å². The Bertz CT molecular complexity index is 162. The monoisotopic (exact) mass is 212 g/mol. The molecule has 2 unspecified atom stereocenters. The Morgan fingerprint density at radius 1 is 1.27 bits per heavy atom. The van der Waals surface area contributed by atoms with Gasteiger partial charge in [0.25, 0.3) is 0 Å². The summed E-state index contributed by atoms with van der Waals surface area (Å²) in [5.74, 6) is 1.76. The Kier molecular flexibility index (Phi) is 5.62. The van der Waals surface area contributed by atoms with E-state index in [1.54, 1.807) is 0 Å². The highest BCUT2D eigenvalue weighted by molar-refractivity contribution is 4.82. The number of hydrogen-bond acceptors (Lipinski definition) is 2. The molecule has 15 heavy (non-hydrogen) atoms. The molecule has 0 aromatic carbocycles. The van der Waals surface area contributed by atoms with Crippen molar-refractivity contribution in [2.45, 2.75) is 65.0 Å². The van der Waals surface area contributed by atoms with Gasteiger partial charge in [-0.15, -0.1) is 0 Å². The molecule has 0 heterocycles. The lowest BCUT2D eigenvalue weighted by molar-refractivity contribution is 0.231. The van der Waals surface area contributed by atoms with Crippen molar-refractivity contribution in [3.63, 3.8) is 0 Å². The van der Waals surface area contributed by atoms with Crippen molar-refractivity contribution in [3.05, 3.63) is 0 Å². The molecule has 0 aromatic rings. The summed E-state index contributed by atoms with van der Waals surface area (Å²) in [7, 11) is 0. The quantitative estimate of drug-likeness (QED) is 0.680. The molecule has 2 atom stereocenters. The van der Waals surface area contributed by atoms with Gasteiger partial charge in [0.2, 0.25) is 0 Å². The van der Waals surface area contributed by atoms with Crippen LogP contribution in [0, 0.1) is 11.8 Å². The molecule has 0 bridgehead atoms. The highest BCUT2D eigenvalue weighted by atomic mass is 14.9. The molecule has 2 nitrogen and oxygen atoms in total. The van der Waals surface area contributed by atoms with E-state index < -0.39 is 0 Å². The zero-order chi connectivity index (χ0) is 11.3. The normalized spacial score (nSPS) is 29.6. The molecular weight excluding hydrogens is 184 g/mol. The molecule has 2 heteroatoms. The molecule has 0 saturated heterocycles.